The topological polar surface area (TPSA) is 58.6 Å². The quantitative estimate of drug-likeness (QED) is 0.533. The lowest BCUT2D eigenvalue weighted by Crippen LogP contribution is -2.50. The second kappa shape index (κ2) is 5.26. The average molecular weight is 402 g/mol. The van der Waals surface area contributed by atoms with Crippen LogP contribution in [0, 0.1) is 3.70 Å². The van der Waals surface area contributed by atoms with Crippen LogP contribution in [0.25, 0.3) is 0 Å². The molecule has 7 heteroatoms. The van der Waals surface area contributed by atoms with Crippen LogP contribution in [0.3, 0.4) is 0 Å². The van der Waals surface area contributed by atoms with Crippen molar-refractivity contribution in [1.82, 2.24) is 14.9 Å². The number of anilines is 1. The molecule has 0 spiro atoms. The van der Waals surface area contributed by atoms with Crippen LogP contribution in [-0.2, 0) is 4.74 Å². The predicted octanol–water partition coefficient (Wildman–Crippen LogP) is 2.28. The molecular formula is C14H19IN4O2. The SMILES string of the molecule is CC(C)(C)OC(=O)N1C[C@@H]2C[C@H]1CN2c1cc(I)ncn1. The number of rotatable bonds is 1. The molecule has 2 aliphatic rings. The highest BCUT2D eigenvalue weighted by atomic mass is 127. The second-order valence-electron chi connectivity index (χ2n) is 6.53. The summed E-state index contributed by atoms with van der Waals surface area (Å²) in [6.45, 7) is 7.22. The highest BCUT2D eigenvalue weighted by Gasteiger charge is 2.46. The van der Waals surface area contributed by atoms with E-state index >= 15 is 0 Å². The van der Waals surface area contributed by atoms with Gasteiger partial charge in [-0.15, -0.1) is 0 Å². The van der Waals surface area contributed by atoms with Crippen LogP contribution in [0.15, 0.2) is 12.4 Å². The van der Waals surface area contributed by atoms with E-state index in [4.69, 9.17) is 4.74 Å². The first-order valence-electron chi connectivity index (χ1n) is 7.07. The Morgan fingerprint density at radius 2 is 2.10 bits per heavy atom. The van der Waals surface area contributed by atoms with E-state index in [2.05, 4.69) is 37.5 Å². The van der Waals surface area contributed by atoms with Crippen molar-refractivity contribution in [2.45, 2.75) is 44.9 Å². The highest BCUT2D eigenvalue weighted by Crippen LogP contribution is 2.34. The average Bonchev–Trinajstić information content (AvgIpc) is 2.96. The van der Waals surface area contributed by atoms with Gasteiger partial charge in [-0.3, -0.25) is 0 Å². The summed E-state index contributed by atoms with van der Waals surface area (Å²) in [5, 5.41) is 0. The molecule has 0 aliphatic carbocycles. The Hall–Kier alpha value is -1.12. The number of hydrogen-bond acceptors (Lipinski definition) is 5. The van der Waals surface area contributed by atoms with Crippen molar-refractivity contribution in [3.8, 4) is 0 Å². The Bertz CT molecular complexity index is 560. The van der Waals surface area contributed by atoms with Gasteiger partial charge in [-0.05, 0) is 49.8 Å². The Balaban J connectivity index is 1.68. The highest BCUT2D eigenvalue weighted by molar-refractivity contribution is 14.1. The third-order valence-electron chi connectivity index (χ3n) is 3.78. The van der Waals surface area contributed by atoms with Crippen LogP contribution in [0.1, 0.15) is 27.2 Å². The number of carbonyl (C=O) groups is 1. The fourth-order valence-electron chi connectivity index (χ4n) is 2.97. The molecule has 6 nitrogen and oxygen atoms in total. The van der Waals surface area contributed by atoms with Gasteiger partial charge in [0.15, 0.2) is 0 Å². The molecule has 1 aromatic rings. The van der Waals surface area contributed by atoms with Crippen molar-refractivity contribution in [2.75, 3.05) is 18.0 Å². The van der Waals surface area contributed by atoms with Gasteiger partial charge in [0.05, 0.1) is 12.1 Å². The molecule has 0 radical (unpaired) electrons. The summed E-state index contributed by atoms with van der Waals surface area (Å²) in [5.74, 6) is 0.950. The summed E-state index contributed by atoms with van der Waals surface area (Å²) >= 11 is 2.19. The molecule has 0 saturated carbocycles. The number of halogens is 1. The minimum Gasteiger partial charge on any atom is -0.444 e. The standard InChI is InChI=1S/C14H19IN4O2/c1-14(2,3)21-13(20)19-7-9-4-10(19)6-18(9)12-5-11(15)16-8-17-12/h5,8-10H,4,6-7H2,1-3H3/t9-,10-/m0/s1. The smallest absolute Gasteiger partial charge is 0.410 e. The number of piperazine rings is 1. The van der Waals surface area contributed by atoms with E-state index in [1.807, 2.05) is 31.7 Å². The molecule has 3 heterocycles. The van der Waals surface area contributed by atoms with Crippen LogP contribution >= 0.6 is 22.6 Å². The number of hydrogen-bond donors (Lipinski definition) is 0. The normalized spacial score (nSPS) is 24.6. The largest absolute Gasteiger partial charge is 0.444 e. The zero-order valence-electron chi connectivity index (χ0n) is 12.4. The van der Waals surface area contributed by atoms with E-state index < -0.39 is 5.60 Å². The lowest BCUT2D eigenvalue weighted by Gasteiger charge is -2.35. The Labute approximate surface area is 138 Å². The molecule has 0 unspecified atom stereocenters. The number of ether oxygens (including phenoxy) is 1. The van der Waals surface area contributed by atoms with Crippen molar-refractivity contribution in [1.29, 1.82) is 0 Å². The first-order valence-corrected chi connectivity index (χ1v) is 8.15. The fraction of sp³-hybridized carbons (Fsp3) is 0.643. The third-order valence-corrected chi connectivity index (χ3v) is 4.37. The maximum absolute atomic E-state index is 12.2. The molecule has 1 amide bonds. The number of aromatic nitrogens is 2. The van der Waals surface area contributed by atoms with E-state index in [0.717, 1.165) is 22.5 Å². The molecule has 114 valence electrons. The first-order chi connectivity index (χ1) is 9.83. The molecule has 2 fully saturated rings. The zero-order chi connectivity index (χ0) is 15.2. The molecule has 2 atom stereocenters. The van der Waals surface area contributed by atoms with Gasteiger partial charge in [-0.25, -0.2) is 14.8 Å². The lowest BCUT2D eigenvalue weighted by molar-refractivity contribution is 0.0214. The summed E-state index contributed by atoms with van der Waals surface area (Å²) in [7, 11) is 0. The van der Waals surface area contributed by atoms with Gasteiger partial charge >= 0.3 is 6.09 Å². The minimum absolute atomic E-state index is 0.202. The maximum atomic E-state index is 12.2. The molecule has 2 aliphatic heterocycles. The third kappa shape index (κ3) is 3.07. The zero-order valence-corrected chi connectivity index (χ0v) is 14.6. The Kier molecular flexibility index (Phi) is 3.71. The second-order valence-corrected chi connectivity index (χ2v) is 7.63. The van der Waals surface area contributed by atoms with Gasteiger partial charge in [0.1, 0.15) is 21.4 Å². The summed E-state index contributed by atoms with van der Waals surface area (Å²) in [6, 6.07) is 2.53. The number of amides is 1. The van der Waals surface area contributed by atoms with E-state index in [1.54, 1.807) is 6.33 Å². The Morgan fingerprint density at radius 3 is 2.67 bits per heavy atom. The molecule has 1 aromatic heterocycles. The van der Waals surface area contributed by atoms with E-state index in [-0.39, 0.29) is 12.1 Å². The Morgan fingerprint density at radius 1 is 1.33 bits per heavy atom. The van der Waals surface area contributed by atoms with Crippen LogP contribution in [-0.4, -0.2) is 51.7 Å². The predicted molar refractivity (Wildman–Crippen MR) is 87.2 cm³/mol. The monoisotopic (exact) mass is 402 g/mol. The first kappa shape index (κ1) is 14.8. The van der Waals surface area contributed by atoms with Crippen LogP contribution in [0.5, 0.6) is 0 Å². The van der Waals surface area contributed by atoms with Crippen LogP contribution in [0.4, 0.5) is 10.6 Å². The van der Waals surface area contributed by atoms with Gasteiger partial charge in [0.2, 0.25) is 0 Å². The molecule has 2 saturated heterocycles. The number of nitrogens with zero attached hydrogens (tertiary/aromatic N) is 4. The number of likely N-dealkylation sites (tertiary alicyclic amines) is 1. The summed E-state index contributed by atoms with van der Waals surface area (Å²) < 4.78 is 6.41. The van der Waals surface area contributed by atoms with E-state index in [9.17, 15) is 4.79 Å². The number of fused-ring (bicyclic) bond motifs is 2. The maximum Gasteiger partial charge on any atom is 0.410 e. The lowest BCUT2D eigenvalue weighted by atomic mass is 10.2. The van der Waals surface area contributed by atoms with E-state index in [1.165, 1.54) is 0 Å². The minimum atomic E-state index is -0.443. The molecule has 0 N–H and O–H groups in total. The van der Waals surface area contributed by atoms with Crippen molar-refractivity contribution in [2.24, 2.45) is 0 Å². The summed E-state index contributed by atoms with van der Waals surface area (Å²) in [6.07, 6.45) is 2.38. The van der Waals surface area contributed by atoms with Crippen molar-refractivity contribution in [3.63, 3.8) is 0 Å². The van der Waals surface area contributed by atoms with Crippen molar-refractivity contribution >= 4 is 34.5 Å². The van der Waals surface area contributed by atoms with Gasteiger partial charge in [0.25, 0.3) is 0 Å². The molecule has 3 rings (SSSR count). The molecular weight excluding hydrogens is 383 g/mol. The van der Waals surface area contributed by atoms with Crippen molar-refractivity contribution in [3.05, 3.63) is 16.1 Å². The van der Waals surface area contributed by atoms with Gasteiger partial charge in [0, 0.05) is 19.2 Å². The summed E-state index contributed by atoms with van der Waals surface area (Å²) in [4.78, 5) is 24.8. The van der Waals surface area contributed by atoms with Gasteiger partial charge < -0.3 is 14.5 Å². The summed E-state index contributed by atoms with van der Waals surface area (Å²) in [5.41, 5.74) is -0.443. The number of carbonyl (C=O) groups excluding carboxylic acids is 1. The van der Waals surface area contributed by atoms with Crippen LogP contribution < -0.4 is 4.90 Å². The molecule has 0 aromatic carbocycles. The van der Waals surface area contributed by atoms with E-state index in [0.29, 0.717) is 12.6 Å². The molecule has 21 heavy (non-hydrogen) atoms. The van der Waals surface area contributed by atoms with Gasteiger partial charge in [-0.1, -0.05) is 0 Å². The fourth-order valence-corrected chi connectivity index (χ4v) is 3.38. The van der Waals surface area contributed by atoms with Gasteiger partial charge in [-0.2, -0.15) is 0 Å². The molecule has 2 bridgehead atoms. The van der Waals surface area contributed by atoms with Crippen LogP contribution in [0.2, 0.25) is 0 Å². The van der Waals surface area contributed by atoms with Crippen molar-refractivity contribution < 1.29 is 9.53 Å².